The zero-order valence-corrected chi connectivity index (χ0v) is 17.5. The number of ether oxygens (including phenoxy) is 2. The maximum atomic E-state index is 12.5. The van der Waals surface area contributed by atoms with Crippen LogP contribution in [0.15, 0.2) is 23.2 Å². The van der Waals surface area contributed by atoms with Crippen molar-refractivity contribution in [2.24, 2.45) is 10.4 Å². The SMILES string of the molecule is CN=C(NCc1ccc(OC)c(OC(F)F)c1)N1CCC2(CCC2)C1.I. The lowest BCUT2D eigenvalue weighted by Gasteiger charge is -2.38. The number of halogens is 3. The van der Waals surface area contributed by atoms with Gasteiger partial charge in [-0.3, -0.25) is 4.99 Å². The van der Waals surface area contributed by atoms with E-state index in [9.17, 15) is 8.78 Å². The number of benzene rings is 1. The maximum Gasteiger partial charge on any atom is 0.387 e. The number of aliphatic imine (C=N–C) groups is 1. The summed E-state index contributed by atoms with van der Waals surface area (Å²) in [6, 6.07) is 5.04. The van der Waals surface area contributed by atoms with Crippen LogP contribution in [-0.2, 0) is 6.54 Å². The molecule has 1 heterocycles. The summed E-state index contributed by atoms with van der Waals surface area (Å²) in [4.78, 5) is 6.66. The molecular formula is C18H26F2IN3O2. The van der Waals surface area contributed by atoms with Gasteiger partial charge in [-0.15, -0.1) is 24.0 Å². The predicted molar refractivity (Wildman–Crippen MR) is 108 cm³/mol. The molecule has 1 aromatic rings. The standard InChI is InChI=1S/C18H25F2N3O2.HI/c1-21-17(23-9-8-18(12-23)6-3-7-18)22-11-13-4-5-14(24-2)15(10-13)25-16(19)20;/h4-5,10,16H,3,6-9,11-12H2,1-2H3,(H,21,22);1H. The number of methoxy groups -OCH3 is 1. The Kier molecular flexibility index (Phi) is 7.31. The number of guanidine groups is 1. The molecule has 0 unspecified atom stereocenters. The first-order valence-electron chi connectivity index (χ1n) is 8.62. The van der Waals surface area contributed by atoms with Crippen LogP contribution in [0.25, 0.3) is 0 Å². The molecule has 1 aliphatic heterocycles. The van der Waals surface area contributed by atoms with Crippen molar-refractivity contribution in [3.8, 4) is 11.5 Å². The average Bonchev–Trinajstić information content (AvgIpc) is 3.01. The van der Waals surface area contributed by atoms with Gasteiger partial charge in [-0.1, -0.05) is 12.5 Å². The van der Waals surface area contributed by atoms with Gasteiger partial charge >= 0.3 is 6.61 Å². The number of nitrogens with zero attached hydrogens (tertiary/aromatic N) is 2. The van der Waals surface area contributed by atoms with Crippen molar-refractivity contribution in [2.45, 2.75) is 38.8 Å². The highest BCUT2D eigenvalue weighted by Crippen LogP contribution is 2.47. The summed E-state index contributed by atoms with van der Waals surface area (Å²) < 4.78 is 34.7. The van der Waals surface area contributed by atoms with Crippen LogP contribution in [-0.4, -0.2) is 44.7 Å². The summed E-state index contributed by atoms with van der Waals surface area (Å²) in [7, 11) is 3.20. The Hall–Kier alpha value is -1.32. The van der Waals surface area contributed by atoms with Crippen molar-refractivity contribution in [1.82, 2.24) is 10.2 Å². The Bertz CT molecular complexity index is 639. The van der Waals surface area contributed by atoms with Crippen LogP contribution in [0.4, 0.5) is 8.78 Å². The van der Waals surface area contributed by atoms with Gasteiger partial charge in [0.25, 0.3) is 0 Å². The lowest BCUT2D eigenvalue weighted by atomic mass is 9.68. The Balaban J connectivity index is 0.00000243. The molecule has 2 aliphatic rings. The van der Waals surface area contributed by atoms with Gasteiger partial charge in [-0.25, -0.2) is 0 Å². The summed E-state index contributed by atoms with van der Waals surface area (Å²) in [5.74, 6) is 1.19. The molecular weight excluding hydrogens is 455 g/mol. The number of rotatable bonds is 5. The smallest absolute Gasteiger partial charge is 0.387 e. The Morgan fingerprint density at radius 1 is 1.31 bits per heavy atom. The summed E-state index contributed by atoms with van der Waals surface area (Å²) >= 11 is 0. The number of alkyl halides is 2. The topological polar surface area (TPSA) is 46.1 Å². The van der Waals surface area contributed by atoms with Crippen molar-refractivity contribution < 1.29 is 18.3 Å². The second kappa shape index (κ2) is 9.05. The number of nitrogens with one attached hydrogen (secondary N) is 1. The second-order valence-corrected chi connectivity index (χ2v) is 6.79. The van der Waals surface area contributed by atoms with E-state index in [1.807, 2.05) is 6.07 Å². The lowest BCUT2D eigenvalue weighted by Crippen LogP contribution is -2.42. The molecule has 146 valence electrons. The van der Waals surface area contributed by atoms with Crippen LogP contribution in [0.2, 0.25) is 0 Å². The van der Waals surface area contributed by atoms with Crippen LogP contribution in [0.5, 0.6) is 11.5 Å². The number of hydrogen-bond acceptors (Lipinski definition) is 3. The van der Waals surface area contributed by atoms with E-state index in [1.54, 1.807) is 19.2 Å². The van der Waals surface area contributed by atoms with Gasteiger partial charge in [0.05, 0.1) is 7.11 Å². The first-order chi connectivity index (χ1) is 12.0. The highest BCUT2D eigenvalue weighted by molar-refractivity contribution is 14.0. The van der Waals surface area contributed by atoms with E-state index in [2.05, 4.69) is 19.9 Å². The molecule has 1 aromatic carbocycles. The summed E-state index contributed by atoms with van der Waals surface area (Å²) in [5.41, 5.74) is 1.32. The minimum absolute atomic E-state index is 0. The predicted octanol–water partition coefficient (Wildman–Crippen LogP) is 3.87. The fraction of sp³-hybridized carbons (Fsp3) is 0.611. The third-order valence-electron chi connectivity index (χ3n) is 5.26. The Labute approximate surface area is 170 Å². The zero-order valence-electron chi connectivity index (χ0n) is 15.1. The molecule has 0 bridgehead atoms. The highest BCUT2D eigenvalue weighted by Gasteiger charge is 2.43. The molecule has 1 aliphatic carbocycles. The Morgan fingerprint density at radius 3 is 2.62 bits per heavy atom. The fourth-order valence-corrected chi connectivity index (χ4v) is 3.73. The van der Waals surface area contributed by atoms with Crippen LogP contribution in [0.3, 0.4) is 0 Å². The highest BCUT2D eigenvalue weighted by atomic mass is 127. The monoisotopic (exact) mass is 481 g/mol. The van der Waals surface area contributed by atoms with Gasteiger partial charge in [-0.2, -0.15) is 8.78 Å². The van der Waals surface area contributed by atoms with E-state index < -0.39 is 6.61 Å². The van der Waals surface area contributed by atoms with Crippen molar-refractivity contribution >= 4 is 29.9 Å². The quantitative estimate of drug-likeness (QED) is 0.394. The molecule has 1 spiro atoms. The van der Waals surface area contributed by atoms with Crippen LogP contribution < -0.4 is 14.8 Å². The number of hydrogen-bond donors (Lipinski definition) is 1. The third kappa shape index (κ3) is 4.69. The van der Waals surface area contributed by atoms with Gasteiger partial charge in [0, 0.05) is 26.7 Å². The number of likely N-dealkylation sites (tertiary alicyclic amines) is 1. The van der Waals surface area contributed by atoms with E-state index in [-0.39, 0.29) is 29.7 Å². The van der Waals surface area contributed by atoms with Gasteiger partial charge in [-0.05, 0) is 42.4 Å². The van der Waals surface area contributed by atoms with E-state index in [0.29, 0.717) is 17.7 Å². The molecule has 0 radical (unpaired) electrons. The van der Waals surface area contributed by atoms with Gasteiger partial charge in [0.15, 0.2) is 17.5 Å². The van der Waals surface area contributed by atoms with E-state index in [0.717, 1.165) is 24.6 Å². The average molecular weight is 481 g/mol. The molecule has 0 aromatic heterocycles. The summed E-state index contributed by atoms with van der Waals surface area (Å²) in [6.07, 6.45) is 5.18. The molecule has 26 heavy (non-hydrogen) atoms. The molecule has 1 saturated carbocycles. The lowest BCUT2D eigenvalue weighted by molar-refractivity contribution is -0.0512. The molecule has 0 amide bonds. The summed E-state index contributed by atoms with van der Waals surface area (Å²) in [5, 5.41) is 3.32. The first-order valence-corrected chi connectivity index (χ1v) is 8.62. The van der Waals surface area contributed by atoms with Crippen LogP contribution in [0.1, 0.15) is 31.2 Å². The molecule has 5 nitrogen and oxygen atoms in total. The molecule has 2 fully saturated rings. The normalized spacial score (nSPS) is 18.5. The van der Waals surface area contributed by atoms with Gasteiger partial charge in [0.2, 0.25) is 0 Å². The second-order valence-electron chi connectivity index (χ2n) is 6.79. The van der Waals surface area contributed by atoms with Gasteiger partial charge < -0.3 is 19.7 Å². The van der Waals surface area contributed by atoms with E-state index >= 15 is 0 Å². The zero-order chi connectivity index (χ0) is 17.9. The van der Waals surface area contributed by atoms with Crippen molar-refractivity contribution in [3.05, 3.63) is 23.8 Å². The molecule has 8 heteroatoms. The minimum atomic E-state index is -2.88. The van der Waals surface area contributed by atoms with Crippen molar-refractivity contribution in [3.63, 3.8) is 0 Å². The molecule has 3 rings (SSSR count). The van der Waals surface area contributed by atoms with Crippen molar-refractivity contribution in [1.29, 1.82) is 0 Å². The molecule has 1 N–H and O–H groups in total. The fourth-order valence-electron chi connectivity index (χ4n) is 3.73. The summed E-state index contributed by atoms with van der Waals surface area (Å²) in [6.45, 7) is -0.329. The van der Waals surface area contributed by atoms with Crippen LogP contribution >= 0.6 is 24.0 Å². The van der Waals surface area contributed by atoms with Crippen LogP contribution in [0, 0.1) is 5.41 Å². The largest absolute Gasteiger partial charge is 0.493 e. The Morgan fingerprint density at radius 2 is 2.08 bits per heavy atom. The molecule has 1 saturated heterocycles. The third-order valence-corrected chi connectivity index (χ3v) is 5.26. The van der Waals surface area contributed by atoms with Crippen molar-refractivity contribution in [2.75, 3.05) is 27.2 Å². The van der Waals surface area contributed by atoms with E-state index in [4.69, 9.17) is 4.74 Å². The van der Waals surface area contributed by atoms with Gasteiger partial charge in [0.1, 0.15) is 0 Å². The van der Waals surface area contributed by atoms with E-state index in [1.165, 1.54) is 32.8 Å². The minimum Gasteiger partial charge on any atom is -0.493 e. The maximum absolute atomic E-state index is 12.5. The first kappa shape index (κ1) is 21.0. The molecule has 0 atom stereocenters.